The first-order valence-electron chi connectivity index (χ1n) is 8.63. The van der Waals surface area contributed by atoms with Gasteiger partial charge in [-0.15, -0.1) is 0 Å². The molecule has 21 heavy (non-hydrogen) atoms. The zero-order valence-corrected chi connectivity index (χ0v) is 14.1. The fourth-order valence-corrected chi connectivity index (χ4v) is 2.93. The van der Waals surface area contributed by atoms with Crippen LogP contribution in [-0.4, -0.2) is 19.2 Å². The Kier molecular flexibility index (Phi) is 9.20. The van der Waals surface area contributed by atoms with E-state index in [1.165, 1.54) is 64.9 Å². The van der Waals surface area contributed by atoms with Gasteiger partial charge in [-0.25, -0.2) is 4.79 Å². The van der Waals surface area contributed by atoms with Crippen LogP contribution in [0.2, 0.25) is 0 Å². The number of allylic oxidation sites excluding steroid dienone is 1. The molecule has 1 rings (SSSR count). The van der Waals surface area contributed by atoms with Crippen molar-refractivity contribution < 1.29 is 14.3 Å². The van der Waals surface area contributed by atoms with Crippen molar-refractivity contribution in [2.75, 3.05) is 7.11 Å². The van der Waals surface area contributed by atoms with Crippen molar-refractivity contribution in [1.82, 2.24) is 0 Å². The summed E-state index contributed by atoms with van der Waals surface area (Å²) in [5.74, 6) is 0.518. The molecule has 0 saturated carbocycles. The summed E-state index contributed by atoms with van der Waals surface area (Å²) in [6, 6.07) is 0. The van der Waals surface area contributed by atoms with E-state index in [9.17, 15) is 4.79 Å². The summed E-state index contributed by atoms with van der Waals surface area (Å²) < 4.78 is 10.5. The highest BCUT2D eigenvalue weighted by molar-refractivity contribution is 5.89. The number of esters is 1. The standard InChI is InChI=1S/C18H32O3/c1-4-5-6-7-8-9-10-11-12-13-16-14-17(15(2)21-16)18(19)20-3/h16H,4-14H2,1-3H3. The number of ether oxygens (including phenoxy) is 2. The van der Waals surface area contributed by atoms with Crippen molar-refractivity contribution in [1.29, 1.82) is 0 Å². The summed E-state index contributed by atoms with van der Waals surface area (Å²) in [4.78, 5) is 11.5. The molecular weight excluding hydrogens is 264 g/mol. The Hall–Kier alpha value is -0.990. The Morgan fingerprint density at radius 2 is 1.67 bits per heavy atom. The largest absolute Gasteiger partial charge is 0.494 e. The highest BCUT2D eigenvalue weighted by atomic mass is 16.5. The van der Waals surface area contributed by atoms with Gasteiger partial charge in [-0.05, 0) is 19.8 Å². The van der Waals surface area contributed by atoms with Crippen LogP contribution in [0, 0.1) is 0 Å². The fraction of sp³-hybridized carbons (Fsp3) is 0.833. The molecular formula is C18H32O3. The molecule has 1 heterocycles. The predicted molar refractivity (Wildman–Crippen MR) is 86.1 cm³/mol. The SMILES string of the molecule is CCCCCCCCCCCC1CC(C(=O)OC)=C(C)O1. The first-order chi connectivity index (χ1) is 10.2. The number of carbonyl (C=O) groups is 1. The van der Waals surface area contributed by atoms with Gasteiger partial charge in [0.05, 0.1) is 12.7 Å². The number of rotatable bonds is 11. The fourth-order valence-electron chi connectivity index (χ4n) is 2.93. The van der Waals surface area contributed by atoms with Gasteiger partial charge in [-0.1, -0.05) is 58.3 Å². The number of unbranched alkanes of at least 4 members (excludes halogenated alkanes) is 8. The lowest BCUT2D eigenvalue weighted by Crippen LogP contribution is -2.08. The van der Waals surface area contributed by atoms with Gasteiger partial charge in [0.2, 0.25) is 0 Å². The van der Waals surface area contributed by atoms with Crippen LogP contribution >= 0.6 is 0 Å². The summed E-state index contributed by atoms with van der Waals surface area (Å²) in [6.45, 7) is 4.12. The van der Waals surface area contributed by atoms with E-state index >= 15 is 0 Å². The highest BCUT2D eigenvalue weighted by Gasteiger charge is 2.27. The van der Waals surface area contributed by atoms with Crippen molar-refractivity contribution in [2.45, 2.75) is 90.6 Å². The van der Waals surface area contributed by atoms with Crippen LogP contribution in [0.5, 0.6) is 0 Å². The second-order valence-electron chi connectivity index (χ2n) is 6.09. The highest BCUT2D eigenvalue weighted by Crippen LogP contribution is 2.28. The third-order valence-electron chi connectivity index (χ3n) is 4.26. The first kappa shape index (κ1) is 18.1. The molecule has 0 N–H and O–H groups in total. The summed E-state index contributed by atoms with van der Waals surface area (Å²) in [7, 11) is 1.43. The van der Waals surface area contributed by atoms with E-state index in [1.807, 2.05) is 6.92 Å². The number of carbonyl (C=O) groups excluding carboxylic acids is 1. The Morgan fingerprint density at radius 3 is 2.24 bits per heavy atom. The van der Waals surface area contributed by atoms with Gasteiger partial charge >= 0.3 is 5.97 Å². The molecule has 0 amide bonds. The van der Waals surface area contributed by atoms with Crippen molar-refractivity contribution in [3.8, 4) is 0 Å². The topological polar surface area (TPSA) is 35.5 Å². The maximum absolute atomic E-state index is 11.5. The normalized spacial score (nSPS) is 18.0. The Bertz CT molecular complexity index is 333. The zero-order chi connectivity index (χ0) is 15.5. The minimum absolute atomic E-state index is 0.184. The lowest BCUT2D eigenvalue weighted by Gasteiger charge is -2.11. The average molecular weight is 296 g/mol. The van der Waals surface area contributed by atoms with Gasteiger partial charge in [-0.3, -0.25) is 0 Å². The van der Waals surface area contributed by atoms with Crippen LogP contribution < -0.4 is 0 Å². The summed E-state index contributed by atoms with van der Waals surface area (Å²) in [5, 5.41) is 0. The van der Waals surface area contributed by atoms with Gasteiger partial charge in [-0.2, -0.15) is 0 Å². The van der Waals surface area contributed by atoms with Crippen LogP contribution in [0.25, 0.3) is 0 Å². The third-order valence-corrected chi connectivity index (χ3v) is 4.26. The molecule has 1 aliphatic heterocycles. The predicted octanol–water partition coefficient (Wildman–Crippen LogP) is 5.14. The van der Waals surface area contributed by atoms with Crippen molar-refractivity contribution in [2.24, 2.45) is 0 Å². The van der Waals surface area contributed by atoms with Gasteiger partial charge < -0.3 is 9.47 Å². The van der Waals surface area contributed by atoms with Crippen molar-refractivity contribution in [3.63, 3.8) is 0 Å². The van der Waals surface area contributed by atoms with E-state index in [-0.39, 0.29) is 12.1 Å². The van der Waals surface area contributed by atoms with E-state index in [0.717, 1.165) is 24.2 Å². The van der Waals surface area contributed by atoms with Gasteiger partial charge in [0.25, 0.3) is 0 Å². The number of hydrogen-bond acceptors (Lipinski definition) is 3. The van der Waals surface area contributed by atoms with Crippen molar-refractivity contribution >= 4 is 5.97 Å². The quantitative estimate of drug-likeness (QED) is 0.391. The molecule has 0 spiro atoms. The summed E-state index contributed by atoms with van der Waals surface area (Å²) in [5.41, 5.74) is 0.721. The second-order valence-corrected chi connectivity index (χ2v) is 6.09. The number of methoxy groups -OCH3 is 1. The minimum atomic E-state index is -0.234. The smallest absolute Gasteiger partial charge is 0.337 e. The Morgan fingerprint density at radius 1 is 1.10 bits per heavy atom. The molecule has 1 aliphatic rings. The van der Waals surface area contributed by atoms with E-state index in [0.29, 0.717) is 0 Å². The van der Waals surface area contributed by atoms with E-state index in [1.54, 1.807) is 0 Å². The minimum Gasteiger partial charge on any atom is -0.494 e. The first-order valence-corrected chi connectivity index (χ1v) is 8.63. The van der Waals surface area contributed by atoms with Crippen LogP contribution in [-0.2, 0) is 14.3 Å². The molecule has 3 nitrogen and oxygen atoms in total. The molecule has 0 aliphatic carbocycles. The number of hydrogen-bond donors (Lipinski definition) is 0. The molecule has 0 bridgehead atoms. The third kappa shape index (κ3) is 7.01. The molecule has 0 fully saturated rings. The molecule has 0 saturated heterocycles. The molecule has 1 unspecified atom stereocenters. The molecule has 1 atom stereocenters. The van der Waals surface area contributed by atoms with Gasteiger partial charge in [0.1, 0.15) is 11.9 Å². The second kappa shape index (κ2) is 10.7. The summed E-state index contributed by atoms with van der Waals surface area (Å²) in [6.07, 6.45) is 14.0. The lowest BCUT2D eigenvalue weighted by molar-refractivity contribution is -0.136. The molecule has 3 heteroatoms. The van der Waals surface area contributed by atoms with E-state index in [4.69, 9.17) is 9.47 Å². The Labute approximate surface area is 130 Å². The lowest BCUT2D eigenvalue weighted by atomic mass is 10.0. The van der Waals surface area contributed by atoms with Gasteiger partial charge in [0.15, 0.2) is 0 Å². The molecule has 0 aromatic rings. The van der Waals surface area contributed by atoms with E-state index < -0.39 is 0 Å². The monoisotopic (exact) mass is 296 g/mol. The zero-order valence-electron chi connectivity index (χ0n) is 14.1. The maximum atomic E-state index is 11.5. The molecule has 122 valence electrons. The van der Waals surface area contributed by atoms with Crippen LogP contribution in [0.4, 0.5) is 0 Å². The summed E-state index contributed by atoms with van der Waals surface area (Å²) >= 11 is 0. The maximum Gasteiger partial charge on any atom is 0.337 e. The van der Waals surface area contributed by atoms with Crippen molar-refractivity contribution in [3.05, 3.63) is 11.3 Å². The van der Waals surface area contributed by atoms with Crippen LogP contribution in [0.3, 0.4) is 0 Å². The van der Waals surface area contributed by atoms with E-state index in [2.05, 4.69) is 6.92 Å². The van der Waals surface area contributed by atoms with Gasteiger partial charge in [0, 0.05) is 6.42 Å². The van der Waals surface area contributed by atoms with Crippen LogP contribution in [0.1, 0.15) is 84.5 Å². The Balaban J connectivity index is 1.99. The molecule has 0 aromatic carbocycles. The molecule has 0 aromatic heterocycles. The van der Waals surface area contributed by atoms with Crippen LogP contribution in [0.15, 0.2) is 11.3 Å². The average Bonchev–Trinajstić information content (AvgIpc) is 2.85. The molecule has 0 radical (unpaired) electrons.